The minimum atomic E-state index is 0.658. The van der Waals surface area contributed by atoms with Gasteiger partial charge in [0.1, 0.15) is 0 Å². The zero-order valence-electron chi connectivity index (χ0n) is 12.1. The Kier molecular flexibility index (Phi) is 4.51. The number of thioether (sulfide) groups is 1. The number of rotatable bonds is 3. The second-order valence-electron chi connectivity index (χ2n) is 5.51. The van der Waals surface area contributed by atoms with E-state index in [1.165, 1.54) is 44.5 Å². The molecule has 20 heavy (non-hydrogen) atoms. The third kappa shape index (κ3) is 3.29. The lowest BCUT2D eigenvalue weighted by Crippen LogP contribution is -2.29. The molecule has 0 radical (unpaired) electrons. The van der Waals surface area contributed by atoms with E-state index >= 15 is 0 Å². The Morgan fingerprint density at radius 1 is 1.20 bits per heavy atom. The summed E-state index contributed by atoms with van der Waals surface area (Å²) in [6.07, 6.45) is 5.22. The van der Waals surface area contributed by atoms with Crippen molar-refractivity contribution in [2.45, 2.75) is 37.9 Å². The summed E-state index contributed by atoms with van der Waals surface area (Å²) in [5, 5.41) is 5.16. The molecule has 0 bridgehead atoms. The molecular weight excluding hydrogens is 266 g/mol. The first-order chi connectivity index (χ1) is 9.85. The fourth-order valence-electron chi connectivity index (χ4n) is 2.73. The maximum Gasteiger partial charge on any atom is 0.161 e. The highest BCUT2D eigenvalue weighted by Gasteiger charge is 2.17. The third-order valence-electron chi connectivity index (χ3n) is 4.01. The highest BCUT2D eigenvalue weighted by molar-refractivity contribution is 8.15. The topological polar surface area (TPSA) is 27.6 Å². The lowest BCUT2D eigenvalue weighted by molar-refractivity contribution is 0.578. The van der Waals surface area contributed by atoms with Crippen LogP contribution in [0.15, 0.2) is 29.3 Å². The van der Waals surface area contributed by atoms with Crippen LogP contribution in [-0.2, 0) is 0 Å². The van der Waals surface area contributed by atoms with E-state index in [2.05, 4.69) is 46.4 Å². The molecule has 1 fully saturated rings. The molecule has 3 rings (SSSR count). The van der Waals surface area contributed by atoms with E-state index < -0.39 is 0 Å². The lowest BCUT2D eigenvalue weighted by Gasteiger charge is -2.28. The fraction of sp³-hybridized carbons (Fsp3) is 0.562. The fourth-order valence-corrected chi connectivity index (χ4v) is 3.69. The van der Waals surface area contributed by atoms with Crippen molar-refractivity contribution in [2.24, 2.45) is 4.99 Å². The molecule has 0 amide bonds. The van der Waals surface area contributed by atoms with Gasteiger partial charge in [-0.25, -0.2) is 0 Å². The van der Waals surface area contributed by atoms with Crippen LogP contribution in [0.3, 0.4) is 0 Å². The number of hydrogen-bond donors (Lipinski definition) is 1. The first kappa shape index (κ1) is 13.8. The molecule has 2 aliphatic rings. The quantitative estimate of drug-likeness (QED) is 0.912. The summed E-state index contributed by atoms with van der Waals surface area (Å²) in [6, 6.07) is 8.80. The SMILES string of the molecule is CCC1CN=C(Nc2ccc(N3CCCCC3)cc2)S1. The van der Waals surface area contributed by atoms with Gasteiger partial charge in [-0.2, -0.15) is 0 Å². The molecule has 3 nitrogen and oxygen atoms in total. The summed E-state index contributed by atoms with van der Waals surface area (Å²) < 4.78 is 0. The largest absolute Gasteiger partial charge is 0.372 e. The number of piperidine rings is 1. The Balaban J connectivity index is 1.59. The Hall–Kier alpha value is -1.16. The van der Waals surface area contributed by atoms with Crippen LogP contribution in [0.4, 0.5) is 11.4 Å². The molecule has 0 aliphatic carbocycles. The van der Waals surface area contributed by atoms with Gasteiger partial charge in [-0.3, -0.25) is 4.99 Å². The standard InChI is InChI=1S/C16H23N3S/c1-2-15-12-17-16(20-15)18-13-6-8-14(9-7-13)19-10-4-3-5-11-19/h6-9,15H,2-5,10-12H2,1H3,(H,17,18). The van der Waals surface area contributed by atoms with Crippen LogP contribution in [0.25, 0.3) is 0 Å². The lowest BCUT2D eigenvalue weighted by atomic mass is 10.1. The summed E-state index contributed by atoms with van der Waals surface area (Å²) in [6.45, 7) is 5.58. The summed E-state index contributed by atoms with van der Waals surface area (Å²) in [4.78, 5) is 7.04. The van der Waals surface area contributed by atoms with Crippen LogP contribution in [0.1, 0.15) is 32.6 Å². The van der Waals surface area contributed by atoms with Crippen molar-refractivity contribution in [1.29, 1.82) is 0 Å². The molecule has 1 N–H and O–H groups in total. The minimum absolute atomic E-state index is 0.658. The second kappa shape index (κ2) is 6.53. The maximum atomic E-state index is 4.55. The van der Waals surface area contributed by atoms with Gasteiger partial charge in [0.15, 0.2) is 5.17 Å². The van der Waals surface area contributed by atoms with Crippen LogP contribution in [0.5, 0.6) is 0 Å². The molecule has 2 aliphatic heterocycles. The Labute approximate surface area is 125 Å². The number of benzene rings is 1. The smallest absolute Gasteiger partial charge is 0.161 e. The zero-order chi connectivity index (χ0) is 13.8. The highest BCUT2D eigenvalue weighted by Crippen LogP contribution is 2.26. The number of anilines is 2. The molecule has 1 atom stereocenters. The molecule has 4 heteroatoms. The maximum absolute atomic E-state index is 4.55. The molecule has 1 aromatic carbocycles. The summed E-state index contributed by atoms with van der Waals surface area (Å²) in [5.74, 6) is 0. The van der Waals surface area contributed by atoms with Gasteiger partial charge in [0.2, 0.25) is 0 Å². The number of amidine groups is 1. The molecule has 1 aromatic rings. The Morgan fingerprint density at radius 2 is 1.95 bits per heavy atom. The van der Waals surface area contributed by atoms with Crippen molar-refractivity contribution in [3.05, 3.63) is 24.3 Å². The van der Waals surface area contributed by atoms with E-state index in [-0.39, 0.29) is 0 Å². The van der Waals surface area contributed by atoms with E-state index in [0.717, 1.165) is 17.4 Å². The van der Waals surface area contributed by atoms with Crippen LogP contribution in [0.2, 0.25) is 0 Å². The molecule has 2 heterocycles. The second-order valence-corrected chi connectivity index (χ2v) is 6.80. The first-order valence-corrected chi connectivity index (χ1v) is 8.56. The van der Waals surface area contributed by atoms with Gasteiger partial charge in [-0.05, 0) is 49.9 Å². The van der Waals surface area contributed by atoms with E-state index in [4.69, 9.17) is 0 Å². The van der Waals surface area contributed by atoms with E-state index in [1.807, 2.05) is 11.8 Å². The Bertz CT molecular complexity index is 463. The van der Waals surface area contributed by atoms with Crippen LogP contribution in [-0.4, -0.2) is 30.1 Å². The van der Waals surface area contributed by atoms with Crippen molar-refractivity contribution in [2.75, 3.05) is 29.9 Å². The van der Waals surface area contributed by atoms with Gasteiger partial charge in [0.25, 0.3) is 0 Å². The molecule has 108 valence electrons. The normalized spacial score (nSPS) is 22.8. The third-order valence-corrected chi connectivity index (χ3v) is 5.28. The zero-order valence-corrected chi connectivity index (χ0v) is 13.0. The monoisotopic (exact) mass is 289 g/mol. The first-order valence-electron chi connectivity index (χ1n) is 7.68. The minimum Gasteiger partial charge on any atom is -0.372 e. The van der Waals surface area contributed by atoms with Crippen LogP contribution >= 0.6 is 11.8 Å². The Morgan fingerprint density at radius 3 is 2.60 bits per heavy atom. The van der Waals surface area contributed by atoms with Gasteiger partial charge >= 0.3 is 0 Å². The average Bonchev–Trinajstić information content (AvgIpc) is 2.97. The molecule has 0 aromatic heterocycles. The van der Waals surface area contributed by atoms with Crippen molar-refractivity contribution in [3.8, 4) is 0 Å². The van der Waals surface area contributed by atoms with Crippen molar-refractivity contribution < 1.29 is 0 Å². The van der Waals surface area contributed by atoms with Gasteiger partial charge in [-0.1, -0.05) is 18.7 Å². The van der Waals surface area contributed by atoms with E-state index in [0.29, 0.717) is 5.25 Å². The van der Waals surface area contributed by atoms with Crippen LogP contribution in [0, 0.1) is 0 Å². The molecule has 0 saturated carbocycles. The van der Waals surface area contributed by atoms with E-state index in [1.54, 1.807) is 0 Å². The number of nitrogens with zero attached hydrogens (tertiary/aromatic N) is 2. The van der Waals surface area contributed by atoms with Crippen molar-refractivity contribution in [3.63, 3.8) is 0 Å². The van der Waals surface area contributed by atoms with Gasteiger partial charge < -0.3 is 10.2 Å². The molecule has 1 saturated heterocycles. The van der Waals surface area contributed by atoms with Crippen molar-refractivity contribution in [1.82, 2.24) is 0 Å². The molecular formula is C16H23N3S. The predicted molar refractivity (Wildman–Crippen MR) is 90.1 cm³/mol. The highest BCUT2D eigenvalue weighted by atomic mass is 32.2. The van der Waals surface area contributed by atoms with Gasteiger partial charge in [-0.15, -0.1) is 0 Å². The summed E-state index contributed by atoms with van der Waals surface area (Å²) >= 11 is 1.87. The average molecular weight is 289 g/mol. The molecule has 0 spiro atoms. The van der Waals surface area contributed by atoms with Crippen LogP contribution < -0.4 is 10.2 Å². The number of aliphatic imine (C=N–C) groups is 1. The predicted octanol–water partition coefficient (Wildman–Crippen LogP) is 3.97. The van der Waals surface area contributed by atoms with Crippen molar-refractivity contribution >= 4 is 28.3 Å². The van der Waals surface area contributed by atoms with Gasteiger partial charge in [0.05, 0.1) is 6.54 Å². The number of nitrogens with one attached hydrogen (secondary N) is 1. The van der Waals surface area contributed by atoms with Gasteiger partial charge in [0, 0.05) is 29.7 Å². The summed E-state index contributed by atoms with van der Waals surface area (Å²) in [7, 11) is 0. The molecule has 1 unspecified atom stereocenters. The summed E-state index contributed by atoms with van der Waals surface area (Å²) in [5.41, 5.74) is 2.50. The number of hydrogen-bond acceptors (Lipinski definition) is 4. The van der Waals surface area contributed by atoms with E-state index in [9.17, 15) is 0 Å².